The maximum atomic E-state index is 12.6. The number of nitrogens with zero attached hydrogens (tertiary/aromatic N) is 2. The minimum absolute atomic E-state index is 0.0104. The molecule has 5 nitrogen and oxygen atoms in total. The predicted octanol–water partition coefficient (Wildman–Crippen LogP) is 0.0616. The van der Waals surface area contributed by atoms with E-state index in [1.165, 1.54) is 13.5 Å². The number of esters is 1. The number of ether oxygens (including phenoxy) is 1. The van der Waals surface area contributed by atoms with Crippen LogP contribution in [-0.4, -0.2) is 73.7 Å². The molecule has 2 unspecified atom stereocenters. The van der Waals surface area contributed by atoms with Crippen LogP contribution in [0.5, 0.6) is 0 Å². The molecule has 3 aliphatic heterocycles. The SMILES string of the molecule is COC(=O)C1(N2CCCNCC2)CCN2CCCC21. The summed E-state index contributed by atoms with van der Waals surface area (Å²) in [5, 5.41) is 3.43. The van der Waals surface area contributed by atoms with Crippen LogP contribution in [0, 0.1) is 0 Å². The number of carbonyl (C=O) groups is 1. The summed E-state index contributed by atoms with van der Waals surface area (Å²) in [4.78, 5) is 17.5. The quantitative estimate of drug-likeness (QED) is 0.717. The third kappa shape index (κ3) is 2.08. The second kappa shape index (κ2) is 5.38. The Kier molecular flexibility index (Phi) is 3.78. The fraction of sp³-hybridized carbons (Fsp3) is 0.929. The molecule has 5 heteroatoms. The Balaban J connectivity index is 1.89. The maximum Gasteiger partial charge on any atom is 0.327 e. The Morgan fingerprint density at radius 2 is 2.11 bits per heavy atom. The van der Waals surface area contributed by atoms with Crippen molar-refractivity contribution in [2.45, 2.75) is 37.3 Å². The van der Waals surface area contributed by atoms with Gasteiger partial charge in [-0.1, -0.05) is 0 Å². The first-order chi connectivity index (χ1) is 9.29. The van der Waals surface area contributed by atoms with Crippen LogP contribution < -0.4 is 5.32 Å². The van der Waals surface area contributed by atoms with Crippen LogP contribution >= 0.6 is 0 Å². The molecule has 0 spiro atoms. The summed E-state index contributed by atoms with van der Waals surface area (Å²) in [6.07, 6.45) is 4.41. The van der Waals surface area contributed by atoms with Gasteiger partial charge in [-0.3, -0.25) is 9.80 Å². The molecule has 19 heavy (non-hydrogen) atoms. The zero-order valence-corrected chi connectivity index (χ0v) is 11.9. The summed E-state index contributed by atoms with van der Waals surface area (Å²) < 4.78 is 5.21. The molecule has 3 aliphatic rings. The molecule has 0 aromatic carbocycles. The maximum absolute atomic E-state index is 12.6. The van der Waals surface area contributed by atoms with Gasteiger partial charge in [-0.05, 0) is 38.8 Å². The standard InChI is InChI=1S/C14H25N3O2/c1-19-13(18)14(17-9-3-6-15-7-11-17)5-10-16-8-2-4-12(14)16/h12,15H,2-11H2,1H3. The van der Waals surface area contributed by atoms with Crippen LogP contribution in [0.15, 0.2) is 0 Å². The molecule has 3 saturated heterocycles. The number of hydrogen-bond acceptors (Lipinski definition) is 5. The summed E-state index contributed by atoms with van der Waals surface area (Å²) in [5.74, 6) is -0.0104. The van der Waals surface area contributed by atoms with Crippen LogP contribution in [0.1, 0.15) is 25.7 Å². The average Bonchev–Trinajstić information content (AvgIpc) is 2.92. The second-order valence-corrected chi connectivity index (χ2v) is 5.95. The topological polar surface area (TPSA) is 44.8 Å². The molecule has 0 amide bonds. The van der Waals surface area contributed by atoms with Crippen LogP contribution in [0.3, 0.4) is 0 Å². The summed E-state index contributed by atoms with van der Waals surface area (Å²) in [5.41, 5.74) is -0.378. The predicted molar refractivity (Wildman–Crippen MR) is 73.0 cm³/mol. The minimum atomic E-state index is -0.378. The van der Waals surface area contributed by atoms with Crippen molar-refractivity contribution in [1.29, 1.82) is 0 Å². The Hall–Kier alpha value is -0.650. The number of fused-ring (bicyclic) bond motifs is 1. The molecule has 0 aromatic rings. The van der Waals surface area contributed by atoms with Gasteiger partial charge in [-0.2, -0.15) is 0 Å². The smallest absolute Gasteiger partial charge is 0.327 e. The lowest BCUT2D eigenvalue weighted by molar-refractivity contribution is -0.157. The zero-order valence-electron chi connectivity index (χ0n) is 11.9. The molecular formula is C14H25N3O2. The lowest BCUT2D eigenvalue weighted by atomic mass is 9.86. The molecule has 1 N–H and O–H groups in total. The average molecular weight is 267 g/mol. The van der Waals surface area contributed by atoms with Crippen molar-refractivity contribution in [2.24, 2.45) is 0 Å². The fourth-order valence-corrected chi connectivity index (χ4v) is 4.27. The molecule has 0 radical (unpaired) electrons. The lowest BCUT2D eigenvalue weighted by Crippen LogP contribution is -2.61. The highest BCUT2D eigenvalue weighted by Crippen LogP contribution is 2.41. The molecule has 3 heterocycles. The third-order valence-electron chi connectivity index (χ3n) is 5.14. The summed E-state index contributed by atoms with van der Waals surface area (Å²) in [7, 11) is 1.54. The van der Waals surface area contributed by atoms with Crippen molar-refractivity contribution in [3.8, 4) is 0 Å². The number of rotatable bonds is 2. The molecule has 3 rings (SSSR count). The van der Waals surface area contributed by atoms with Crippen molar-refractivity contribution in [3.05, 3.63) is 0 Å². The molecule has 0 bridgehead atoms. The van der Waals surface area contributed by atoms with Gasteiger partial charge in [-0.25, -0.2) is 4.79 Å². The van der Waals surface area contributed by atoms with Crippen LogP contribution in [0.2, 0.25) is 0 Å². The van der Waals surface area contributed by atoms with Crippen molar-refractivity contribution < 1.29 is 9.53 Å². The van der Waals surface area contributed by atoms with E-state index < -0.39 is 0 Å². The number of methoxy groups -OCH3 is 1. The molecule has 2 atom stereocenters. The van der Waals surface area contributed by atoms with Crippen molar-refractivity contribution in [3.63, 3.8) is 0 Å². The highest BCUT2D eigenvalue weighted by atomic mass is 16.5. The molecule has 108 valence electrons. The number of hydrogen-bond donors (Lipinski definition) is 1. The lowest BCUT2D eigenvalue weighted by Gasteiger charge is -2.42. The Morgan fingerprint density at radius 1 is 1.21 bits per heavy atom. The Bertz CT molecular complexity index is 342. The fourth-order valence-electron chi connectivity index (χ4n) is 4.27. The first kappa shape index (κ1) is 13.3. The number of nitrogens with one attached hydrogen (secondary N) is 1. The van der Waals surface area contributed by atoms with E-state index in [4.69, 9.17) is 4.74 Å². The second-order valence-electron chi connectivity index (χ2n) is 5.95. The normalized spacial score (nSPS) is 37.0. The van der Waals surface area contributed by atoms with Gasteiger partial charge >= 0.3 is 5.97 Å². The molecule has 0 aliphatic carbocycles. The summed E-state index contributed by atoms with van der Waals surface area (Å²) in [6, 6.07) is 0.373. The van der Waals surface area contributed by atoms with Crippen LogP contribution in [-0.2, 0) is 9.53 Å². The first-order valence-electron chi connectivity index (χ1n) is 7.57. The highest BCUT2D eigenvalue weighted by Gasteiger charge is 2.58. The summed E-state index contributed by atoms with van der Waals surface area (Å²) in [6.45, 7) is 6.19. The van der Waals surface area contributed by atoms with Gasteiger partial charge < -0.3 is 10.1 Å². The Morgan fingerprint density at radius 3 is 2.95 bits per heavy atom. The first-order valence-corrected chi connectivity index (χ1v) is 7.57. The molecule has 3 fully saturated rings. The van der Waals surface area contributed by atoms with E-state index >= 15 is 0 Å². The van der Waals surface area contributed by atoms with E-state index in [1.54, 1.807) is 0 Å². The summed E-state index contributed by atoms with van der Waals surface area (Å²) >= 11 is 0. The third-order valence-corrected chi connectivity index (χ3v) is 5.14. The van der Waals surface area contributed by atoms with E-state index in [9.17, 15) is 4.79 Å². The van der Waals surface area contributed by atoms with E-state index in [2.05, 4.69) is 15.1 Å². The van der Waals surface area contributed by atoms with Gasteiger partial charge in [-0.15, -0.1) is 0 Å². The monoisotopic (exact) mass is 267 g/mol. The molecule has 0 aromatic heterocycles. The minimum Gasteiger partial charge on any atom is -0.468 e. The zero-order chi connectivity index (χ0) is 13.3. The largest absolute Gasteiger partial charge is 0.468 e. The van der Waals surface area contributed by atoms with Gasteiger partial charge in [0, 0.05) is 32.2 Å². The number of carbonyl (C=O) groups excluding carboxylic acids is 1. The van der Waals surface area contributed by atoms with Crippen molar-refractivity contribution in [1.82, 2.24) is 15.1 Å². The van der Waals surface area contributed by atoms with Gasteiger partial charge in [0.25, 0.3) is 0 Å². The van der Waals surface area contributed by atoms with Gasteiger partial charge in [0.05, 0.1) is 7.11 Å². The van der Waals surface area contributed by atoms with Crippen molar-refractivity contribution >= 4 is 5.97 Å². The van der Waals surface area contributed by atoms with Crippen LogP contribution in [0.4, 0.5) is 0 Å². The van der Waals surface area contributed by atoms with Gasteiger partial charge in [0.1, 0.15) is 5.54 Å². The van der Waals surface area contributed by atoms with E-state index in [-0.39, 0.29) is 11.5 Å². The van der Waals surface area contributed by atoms with Crippen molar-refractivity contribution in [2.75, 3.05) is 46.4 Å². The molecule has 0 saturated carbocycles. The van der Waals surface area contributed by atoms with E-state index in [1.807, 2.05) is 0 Å². The van der Waals surface area contributed by atoms with Gasteiger partial charge in [0.15, 0.2) is 0 Å². The van der Waals surface area contributed by atoms with Crippen LogP contribution in [0.25, 0.3) is 0 Å². The molecular weight excluding hydrogens is 242 g/mol. The van der Waals surface area contributed by atoms with Gasteiger partial charge in [0.2, 0.25) is 0 Å². The Labute approximate surface area is 115 Å². The van der Waals surface area contributed by atoms with E-state index in [0.717, 1.165) is 58.5 Å². The van der Waals surface area contributed by atoms with E-state index in [0.29, 0.717) is 6.04 Å². The highest BCUT2D eigenvalue weighted by molar-refractivity contribution is 5.82.